The number of amides is 2. The number of likely N-dealkylation sites (N-methyl/N-ethyl adjacent to an activating group) is 1. The van der Waals surface area contributed by atoms with Gasteiger partial charge in [-0.15, -0.1) is 0 Å². The number of carbonyl (C=O) groups excluding carboxylic acids is 3. The maximum Gasteiger partial charge on any atom is 0.273 e. The van der Waals surface area contributed by atoms with Crippen molar-refractivity contribution in [2.24, 2.45) is 4.99 Å². The second kappa shape index (κ2) is 8.92. The van der Waals surface area contributed by atoms with Crippen LogP contribution >= 0.6 is 0 Å². The van der Waals surface area contributed by atoms with Crippen LogP contribution in [0.2, 0.25) is 0 Å². The van der Waals surface area contributed by atoms with E-state index in [-0.39, 0.29) is 18.2 Å². The number of likely N-dealkylation sites (tertiary alicyclic amines) is 1. The van der Waals surface area contributed by atoms with Crippen LogP contribution in [0.3, 0.4) is 0 Å². The Morgan fingerprint density at radius 1 is 1.50 bits per heavy atom. The van der Waals surface area contributed by atoms with Gasteiger partial charge >= 0.3 is 0 Å². The molecule has 1 aliphatic heterocycles. The highest BCUT2D eigenvalue weighted by atomic mass is 16.2. The minimum atomic E-state index is -0.652. The molecule has 1 N–H and O–H groups in total. The molecule has 0 aromatic carbocycles. The zero-order valence-corrected chi connectivity index (χ0v) is 13.3. The Labute approximate surface area is 131 Å². The highest BCUT2D eigenvalue weighted by Crippen LogP contribution is 2.20. The van der Waals surface area contributed by atoms with Gasteiger partial charge in [0.2, 0.25) is 5.91 Å². The van der Waals surface area contributed by atoms with Crippen LogP contribution in [0.15, 0.2) is 28.8 Å². The van der Waals surface area contributed by atoms with Crippen molar-refractivity contribution in [3.8, 4) is 0 Å². The third-order valence-corrected chi connectivity index (χ3v) is 3.48. The van der Waals surface area contributed by atoms with Crippen LogP contribution < -0.4 is 5.32 Å². The van der Waals surface area contributed by atoms with Crippen LogP contribution in [-0.4, -0.2) is 55.4 Å². The number of carbonyl (C=O) groups is 3. The van der Waals surface area contributed by atoms with Crippen LogP contribution in [0.25, 0.3) is 0 Å². The van der Waals surface area contributed by atoms with Crippen molar-refractivity contribution < 1.29 is 14.4 Å². The van der Waals surface area contributed by atoms with Crippen LogP contribution in [-0.2, 0) is 14.4 Å². The highest BCUT2D eigenvalue weighted by Gasteiger charge is 2.38. The third-order valence-electron chi connectivity index (χ3n) is 3.48. The quantitative estimate of drug-likeness (QED) is 0.709. The molecule has 22 heavy (non-hydrogen) atoms. The first-order valence-corrected chi connectivity index (χ1v) is 7.39. The summed E-state index contributed by atoms with van der Waals surface area (Å²) >= 11 is 0. The fraction of sp³-hybridized carbons (Fsp3) is 0.500. The molecule has 6 heteroatoms. The van der Waals surface area contributed by atoms with Gasteiger partial charge < -0.3 is 15.0 Å². The summed E-state index contributed by atoms with van der Waals surface area (Å²) in [6.07, 6.45) is 7.92. The molecule has 0 bridgehead atoms. The van der Waals surface area contributed by atoms with Crippen molar-refractivity contribution in [3.05, 3.63) is 23.8 Å². The van der Waals surface area contributed by atoms with Crippen molar-refractivity contribution in [1.29, 1.82) is 0 Å². The number of hydrogen-bond donors (Lipinski definition) is 1. The lowest BCUT2D eigenvalue weighted by Gasteiger charge is -2.25. The van der Waals surface area contributed by atoms with Crippen LogP contribution in [0.4, 0.5) is 0 Å². The number of rotatable bonds is 7. The summed E-state index contributed by atoms with van der Waals surface area (Å²) < 4.78 is 0. The minimum Gasteiger partial charge on any atom is -0.357 e. The second-order valence-corrected chi connectivity index (χ2v) is 4.91. The van der Waals surface area contributed by atoms with Crippen LogP contribution in [0.5, 0.6) is 0 Å². The Morgan fingerprint density at radius 3 is 2.77 bits per heavy atom. The SMILES string of the molecule is CC/C=C/C=C1/CN(C(CCC=O)C(=O)NC)C(=O)C1=NC. The van der Waals surface area contributed by atoms with Gasteiger partial charge in [-0.2, -0.15) is 0 Å². The van der Waals surface area contributed by atoms with E-state index in [1.807, 2.05) is 25.2 Å². The van der Waals surface area contributed by atoms with Gasteiger partial charge in [-0.25, -0.2) is 0 Å². The van der Waals surface area contributed by atoms with Crippen LogP contribution in [0, 0.1) is 0 Å². The molecule has 2 amide bonds. The lowest BCUT2D eigenvalue weighted by atomic mass is 10.1. The predicted octanol–water partition coefficient (Wildman–Crippen LogP) is 0.886. The first kappa shape index (κ1) is 17.8. The predicted molar refractivity (Wildman–Crippen MR) is 85.7 cm³/mol. The second-order valence-electron chi connectivity index (χ2n) is 4.91. The molecular formula is C16H23N3O3. The van der Waals surface area contributed by atoms with E-state index in [1.54, 1.807) is 7.05 Å². The van der Waals surface area contributed by atoms with Gasteiger partial charge in [0.15, 0.2) is 0 Å². The monoisotopic (exact) mass is 305 g/mol. The molecule has 6 nitrogen and oxygen atoms in total. The summed E-state index contributed by atoms with van der Waals surface area (Å²) in [5.41, 5.74) is 1.16. The first-order chi connectivity index (χ1) is 10.6. The van der Waals surface area contributed by atoms with E-state index >= 15 is 0 Å². The van der Waals surface area contributed by atoms with Gasteiger partial charge in [-0.1, -0.05) is 25.2 Å². The van der Waals surface area contributed by atoms with E-state index < -0.39 is 6.04 Å². The molecule has 1 saturated heterocycles. The highest BCUT2D eigenvalue weighted by molar-refractivity contribution is 6.48. The molecule has 0 aromatic rings. The summed E-state index contributed by atoms with van der Waals surface area (Å²) in [5, 5.41) is 2.55. The summed E-state index contributed by atoms with van der Waals surface area (Å²) in [6, 6.07) is -0.652. The summed E-state index contributed by atoms with van der Waals surface area (Å²) in [4.78, 5) is 40.6. The maximum absolute atomic E-state index is 12.5. The van der Waals surface area contributed by atoms with E-state index in [1.165, 1.54) is 11.9 Å². The number of nitrogens with one attached hydrogen (secondary N) is 1. The standard InChI is InChI=1S/C16H23N3O3/c1-4-5-6-8-12-11-19(16(22)14(12)17-2)13(9-7-10-20)15(21)18-3/h5-6,8,10,13H,4,7,9,11H2,1-3H3,(H,18,21)/b6-5+,12-8-,17-14?. The van der Waals surface area contributed by atoms with E-state index in [2.05, 4.69) is 10.3 Å². The van der Waals surface area contributed by atoms with Gasteiger partial charge in [-0.05, 0) is 12.8 Å². The van der Waals surface area contributed by atoms with E-state index in [0.29, 0.717) is 18.7 Å². The molecule has 1 unspecified atom stereocenters. The molecule has 1 heterocycles. The fourth-order valence-electron chi connectivity index (χ4n) is 2.37. The molecular weight excluding hydrogens is 282 g/mol. The molecule has 0 spiro atoms. The Hall–Kier alpha value is -2.24. The van der Waals surface area contributed by atoms with Gasteiger partial charge in [-0.3, -0.25) is 14.6 Å². The van der Waals surface area contributed by atoms with Crippen molar-refractivity contribution in [1.82, 2.24) is 10.2 Å². The van der Waals surface area contributed by atoms with Gasteiger partial charge in [0.05, 0.1) is 0 Å². The molecule has 0 saturated carbocycles. The Bertz CT molecular complexity index is 521. The minimum absolute atomic E-state index is 0.231. The summed E-state index contributed by atoms with van der Waals surface area (Å²) in [7, 11) is 3.08. The third kappa shape index (κ3) is 4.13. The maximum atomic E-state index is 12.5. The Morgan fingerprint density at radius 2 is 2.23 bits per heavy atom. The number of aliphatic imine (C=N–C) groups is 1. The summed E-state index contributed by atoms with van der Waals surface area (Å²) in [6.45, 7) is 2.35. The van der Waals surface area contributed by atoms with E-state index in [0.717, 1.165) is 18.3 Å². The Balaban J connectivity index is 3.05. The van der Waals surface area contributed by atoms with Crippen molar-refractivity contribution in [3.63, 3.8) is 0 Å². The molecule has 1 atom stereocenters. The van der Waals surface area contributed by atoms with Crippen molar-refractivity contribution in [2.75, 3.05) is 20.6 Å². The van der Waals surface area contributed by atoms with Gasteiger partial charge in [0.1, 0.15) is 18.0 Å². The lowest BCUT2D eigenvalue weighted by molar-refractivity contribution is -0.134. The average Bonchev–Trinajstić information content (AvgIpc) is 2.83. The van der Waals surface area contributed by atoms with E-state index in [4.69, 9.17) is 0 Å². The van der Waals surface area contributed by atoms with Gasteiger partial charge in [0, 0.05) is 32.6 Å². The molecule has 0 radical (unpaired) electrons. The Kier molecular flexibility index (Phi) is 7.22. The molecule has 1 fully saturated rings. The average molecular weight is 305 g/mol. The number of aldehydes is 1. The first-order valence-electron chi connectivity index (χ1n) is 7.39. The number of allylic oxidation sites excluding steroid dienone is 3. The molecule has 0 aromatic heterocycles. The smallest absolute Gasteiger partial charge is 0.273 e. The normalized spacial score (nSPS) is 20.1. The zero-order valence-electron chi connectivity index (χ0n) is 13.3. The van der Waals surface area contributed by atoms with E-state index in [9.17, 15) is 14.4 Å². The molecule has 1 aliphatic rings. The van der Waals surface area contributed by atoms with Crippen molar-refractivity contribution in [2.45, 2.75) is 32.2 Å². The lowest BCUT2D eigenvalue weighted by Crippen LogP contribution is -2.47. The van der Waals surface area contributed by atoms with Crippen LogP contribution in [0.1, 0.15) is 26.2 Å². The van der Waals surface area contributed by atoms with Gasteiger partial charge in [0.25, 0.3) is 5.91 Å². The molecule has 1 rings (SSSR count). The fourth-order valence-corrected chi connectivity index (χ4v) is 2.37. The molecule has 0 aliphatic carbocycles. The summed E-state index contributed by atoms with van der Waals surface area (Å²) in [5.74, 6) is -0.533. The topological polar surface area (TPSA) is 78.8 Å². The molecule has 120 valence electrons. The largest absolute Gasteiger partial charge is 0.357 e. The zero-order chi connectivity index (χ0) is 16.5. The van der Waals surface area contributed by atoms with Crippen molar-refractivity contribution >= 4 is 23.8 Å². The number of hydrogen-bond acceptors (Lipinski definition) is 4. The number of nitrogens with zero attached hydrogens (tertiary/aromatic N) is 2.